The zero-order valence-corrected chi connectivity index (χ0v) is 57.3. The van der Waals surface area contributed by atoms with Crippen molar-refractivity contribution < 1.29 is 9.47 Å². The maximum absolute atomic E-state index is 7.97. The van der Waals surface area contributed by atoms with Crippen LogP contribution in [0.5, 0.6) is 23.0 Å². The van der Waals surface area contributed by atoms with Gasteiger partial charge in [0.2, 0.25) is 0 Å². The fourth-order valence-corrected chi connectivity index (χ4v) is 15.8. The van der Waals surface area contributed by atoms with E-state index in [1.165, 1.54) is 116 Å². The Morgan fingerprint density at radius 1 is 0.340 bits per heavy atom. The number of ether oxygens (including phenoxy) is 2. The molecule has 4 nitrogen and oxygen atoms in total. The highest BCUT2D eigenvalue weighted by Gasteiger charge is 2.52. The van der Waals surface area contributed by atoms with Crippen molar-refractivity contribution in [2.45, 2.75) is 144 Å². The third-order valence-corrected chi connectivity index (χ3v) is 21.0. The largest absolute Gasteiger partial charge is 0.456 e. The molecule has 12 aromatic rings. The van der Waals surface area contributed by atoms with Crippen LogP contribution in [0.2, 0.25) is 0 Å². The lowest BCUT2D eigenvalue weighted by molar-refractivity contribution is 0.474. The summed E-state index contributed by atoms with van der Waals surface area (Å²) < 4.78 is 18.5. The SMILES string of the molecule is CCCc1ccc2c(c1)B1c3cc(-c4ccc(C(C)(C)C)cc4)ccc3N(c3ccc(-c4ccc(C(C)(C)C)cc4)cc3)c3c4c5c(c(c31)O2)-n1c2ccc(-c3ccc(C(C)(C)C)cc3)cc2c2cc(-c3ccc(C(C)(C)C)cc3)cc(c21)B5c1cc(CCC)ccc1O4. The van der Waals surface area contributed by atoms with Crippen LogP contribution in [0.25, 0.3) is 72.0 Å². The second kappa shape index (κ2) is 21.7. The minimum Gasteiger partial charge on any atom is -0.456 e. The molecule has 0 aliphatic carbocycles. The van der Waals surface area contributed by atoms with Gasteiger partial charge < -0.3 is 18.9 Å². The summed E-state index contributed by atoms with van der Waals surface area (Å²) in [5.74, 6) is 3.55. The van der Waals surface area contributed by atoms with Gasteiger partial charge in [-0.3, -0.25) is 0 Å². The Balaban J connectivity index is 1.02. The fourth-order valence-electron chi connectivity index (χ4n) is 15.8. The number of aryl methyl sites for hydroxylation is 2. The van der Waals surface area contributed by atoms with E-state index in [4.69, 9.17) is 9.47 Å². The first-order chi connectivity index (χ1) is 45.0. The van der Waals surface area contributed by atoms with Gasteiger partial charge in [-0.25, -0.2) is 0 Å². The van der Waals surface area contributed by atoms with E-state index in [1.807, 2.05) is 0 Å². The van der Waals surface area contributed by atoms with Gasteiger partial charge in [0.15, 0.2) is 0 Å². The van der Waals surface area contributed by atoms with Gasteiger partial charge in [0.05, 0.1) is 16.9 Å². The molecule has 11 aromatic carbocycles. The Morgan fingerprint density at radius 3 is 1.20 bits per heavy atom. The van der Waals surface area contributed by atoms with Gasteiger partial charge in [-0.05, 0) is 183 Å². The highest BCUT2D eigenvalue weighted by Crippen LogP contribution is 2.53. The molecule has 5 heterocycles. The smallest absolute Gasteiger partial charge is 0.256 e. The first-order valence-electron chi connectivity index (χ1n) is 34.5. The summed E-state index contributed by atoms with van der Waals surface area (Å²) in [7, 11) is 0. The van der Waals surface area contributed by atoms with Crippen LogP contribution in [-0.2, 0) is 34.5 Å². The number of anilines is 3. The molecule has 0 saturated carbocycles. The fraction of sp³-hybridized carbons (Fsp3) is 0.250. The van der Waals surface area contributed by atoms with E-state index in [9.17, 15) is 0 Å². The molecule has 0 N–H and O–H groups in total. The van der Waals surface area contributed by atoms with E-state index in [2.05, 4.69) is 313 Å². The van der Waals surface area contributed by atoms with E-state index in [0.717, 1.165) is 87.9 Å². The second-order valence-corrected chi connectivity index (χ2v) is 31.5. The van der Waals surface area contributed by atoms with Crippen molar-refractivity contribution in [1.29, 1.82) is 0 Å². The minimum atomic E-state index is -0.222. The predicted octanol–water partition coefficient (Wildman–Crippen LogP) is 19.9. The zero-order chi connectivity index (χ0) is 65.1. The molecule has 4 aliphatic rings. The van der Waals surface area contributed by atoms with Crippen LogP contribution in [0.15, 0.2) is 206 Å². The van der Waals surface area contributed by atoms with Crippen LogP contribution in [0.4, 0.5) is 17.1 Å². The van der Waals surface area contributed by atoms with E-state index < -0.39 is 0 Å². The molecule has 16 rings (SSSR count). The summed E-state index contributed by atoms with van der Waals surface area (Å²) in [4.78, 5) is 2.54. The van der Waals surface area contributed by atoms with Gasteiger partial charge in [-0.1, -0.05) is 267 Å². The zero-order valence-electron chi connectivity index (χ0n) is 57.3. The lowest BCUT2D eigenvalue weighted by Crippen LogP contribution is -2.63. The summed E-state index contributed by atoms with van der Waals surface area (Å²) in [6, 6.07) is 79.9. The van der Waals surface area contributed by atoms with Gasteiger partial charge >= 0.3 is 0 Å². The first-order valence-corrected chi connectivity index (χ1v) is 34.5. The van der Waals surface area contributed by atoms with E-state index >= 15 is 0 Å². The first kappa shape index (κ1) is 59.7. The van der Waals surface area contributed by atoms with Gasteiger partial charge in [0.25, 0.3) is 13.4 Å². The Labute approximate surface area is 557 Å². The maximum Gasteiger partial charge on any atom is 0.256 e. The van der Waals surface area contributed by atoms with Crippen LogP contribution in [0.1, 0.15) is 143 Å². The van der Waals surface area contributed by atoms with Gasteiger partial charge in [-0.15, -0.1) is 0 Å². The number of aromatic nitrogens is 1. The molecule has 0 radical (unpaired) electrons. The Morgan fingerprint density at radius 2 is 0.723 bits per heavy atom. The normalized spacial score (nSPS) is 13.7. The summed E-state index contributed by atoms with van der Waals surface area (Å²) in [6.45, 7) is 31.7. The van der Waals surface area contributed by atoms with Crippen LogP contribution < -0.4 is 47.2 Å². The molecular weight excluding hydrogens is 1140 g/mol. The molecule has 0 saturated heterocycles. The second-order valence-electron chi connectivity index (χ2n) is 31.5. The van der Waals surface area contributed by atoms with Gasteiger partial charge in [-0.2, -0.15) is 0 Å². The van der Waals surface area contributed by atoms with E-state index in [1.54, 1.807) is 0 Å². The van der Waals surface area contributed by atoms with Crippen molar-refractivity contribution in [3.8, 4) is 73.2 Å². The number of fused-ring (bicyclic) bond motifs is 13. The van der Waals surface area contributed by atoms with E-state index in [-0.39, 0.29) is 35.1 Å². The van der Waals surface area contributed by atoms with Crippen LogP contribution in [-0.4, -0.2) is 18.0 Å². The number of rotatable bonds is 9. The molecule has 4 aliphatic heterocycles. The average Bonchev–Trinajstić information content (AvgIpc) is 1.17. The van der Waals surface area contributed by atoms with Gasteiger partial charge in [0, 0.05) is 38.6 Å². The Hall–Kier alpha value is -9.25. The summed E-state index contributed by atoms with van der Waals surface area (Å²) >= 11 is 0. The molecule has 6 heteroatoms. The van der Waals surface area contributed by atoms with Gasteiger partial charge in [0.1, 0.15) is 23.0 Å². The van der Waals surface area contributed by atoms with Crippen LogP contribution >= 0.6 is 0 Å². The molecular formula is C88H84B2N2O2. The van der Waals surface area contributed by atoms with Crippen molar-refractivity contribution in [3.05, 3.63) is 240 Å². The third kappa shape index (κ3) is 9.70. The van der Waals surface area contributed by atoms with Crippen LogP contribution in [0.3, 0.4) is 0 Å². The maximum atomic E-state index is 7.97. The summed E-state index contributed by atoms with van der Waals surface area (Å²) in [5.41, 5.74) is 31.3. The molecule has 0 atom stereocenters. The van der Waals surface area contributed by atoms with Crippen molar-refractivity contribution in [3.63, 3.8) is 0 Å². The van der Waals surface area contributed by atoms with Crippen molar-refractivity contribution in [1.82, 2.24) is 4.57 Å². The standard InChI is InChI=1S/C88H84B2N2O2/c1-15-17-53-19-45-76-71(47-53)89-70-51-61(58-25-37-65(38-26-58)87(9,10)11)32-44-75(70)91(67-41-29-56(30-42-67)55-21-33-63(34-22-55)85(3,4)5)81-78(89)84(94-76)82-79-83(81)93-77-46-20-54(18-16-2)48-72(77)90(79)73-52-62(59-27-39-66(40-28-59)88(12,13)14)50-69-68-49-60(31-43-74(68)92(82)80(69)73)57-23-35-64(36-24-57)86(6,7)8/h19-52H,15-18H2,1-14H3. The molecule has 0 bridgehead atoms. The topological polar surface area (TPSA) is 26.6 Å². The number of hydrogen-bond donors (Lipinski definition) is 0. The molecule has 0 amide bonds. The summed E-state index contributed by atoms with van der Waals surface area (Å²) in [6.07, 6.45) is 4.02. The highest BCUT2D eigenvalue weighted by molar-refractivity contribution is 7.02. The highest BCUT2D eigenvalue weighted by atomic mass is 16.5. The van der Waals surface area contributed by atoms with Crippen molar-refractivity contribution >= 4 is 85.1 Å². The molecule has 0 spiro atoms. The minimum absolute atomic E-state index is 0.0137. The average molecular weight is 1220 g/mol. The quantitative estimate of drug-likeness (QED) is 0.135. The van der Waals surface area contributed by atoms with Crippen molar-refractivity contribution in [2.75, 3.05) is 4.90 Å². The summed E-state index contributed by atoms with van der Waals surface area (Å²) in [5, 5.41) is 2.43. The molecule has 0 fully saturated rings. The number of hydrogen-bond acceptors (Lipinski definition) is 3. The molecule has 464 valence electrons. The molecule has 0 unspecified atom stereocenters. The number of nitrogens with zero attached hydrogens (tertiary/aromatic N) is 2. The third-order valence-electron chi connectivity index (χ3n) is 21.0. The van der Waals surface area contributed by atoms with Crippen LogP contribution in [0, 0.1) is 0 Å². The van der Waals surface area contributed by atoms with E-state index in [0.29, 0.717) is 0 Å². The lowest BCUT2D eigenvalue weighted by atomic mass is 9.31. The van der Waals surface area contributed by atoms with Crippen molar-refractivity contribution in [2.24, 2.45) is 0 Å². The predicted molar refractivity (Wildman–Crippen MR) is 402 cm³/mol. The Kier molecular flexibility index (Phi) is 13.8. The molecule has 94 heavy (non-hydrogen) atoms. The Bertz CT molecular complexity index is 5040. The lowest BCUT2D eigenvalue weighted by Gasteiger charge is -2.45. The monoisotopic (exact) mass is 1220 g/mol. The molecule has 1 aromatic heterocycles. The number of benzene rings is 11.